The quantitative estimate of drug-likeness (QED) is 0.379. The van der Waals surface area contributed by atoms with Crippen LogP contribution in [0.3, 0.4) is 0 Å². The lowest BCUT2D eigenvalue weighted by Gasteiger charge is -2.32. The molecule has 0 aliphatic carbocycles. The summed E-state index contributed by atoms with van der Waals surface area (Å²) in [6.07, 6.45) is 5.71. The Labute approximate surface area is 194 Å². The van der Waals surface area contributed by atoms with Crippen LogP contribution in [0.25, 0.3) is 33.3 Å². The number of aromatic nitrogens is 3. The molecule has 0 radical (unpaired) electrons. The van der Waals surface area contributed by atoms with E-state index < -0.39 is 6.09 Å². The Kier molecular flexibility index (Phi) is 5.60. The number of nitrogens with one attached hydrogen (secondary N) is 2. The van der Waals surface area contributed by atoms with Crippen molar-refractivity contribution in [3.05, 3.63) is 65.8 Å². The molecule has 2 aromatic carbocycles. The number of piperidine rings is 1. The minimum atomic E-state index is -0.995. The molecule has 1 aliphatic heterocycles. The first kappa shape index (κ1) is 21.2. The fraction of sp³-hybridized carbons (Fsp3) is 0.208. The summed E-state index contributed by atoms with van der Waals surface area (Å²) in [5, 5.41) is 12.7. The Morgan fingerprint density at radius 2 is 2.03 bits per heavy atom. The van der Waals surface area contributed by atoms with Gasteiger partial charge in [0.1, 0.15) is 11.6 Å². The first-order valence-electron chi connectivity index (χ1n) is 10.6. The Morgan fingerprint density at radius 3 is 2.79 bits per heavy atom. The number of aromatic amines is 1. The standard InChI is InChI=1S/C24H21ClFN5O2/c25-18-2-1-3-19(26)23(18)14-4-5-20-16(10-14)17(11-28-20)21-12-27-13-22(30-21)31-8-6-15(7-9-31)29-24(32)33/h1-5,10-13,15,28-29H,6-9H2,(H,32,33). The zero-order valence-electron chi connectivity index (χ0n) is 17.6. The van der Waals surface area contributed by atoms with Crippen molar-refractivity contribution in [2.45, 2.75) is 18.9 Å². The molecule has 4 aromatic rings. The maximum absolute atomic E-state index is 14.5. The van der Waals surface area contributed by atoms with E-state index in [1.165, 1.54) is 6.07 Å². The number of carbonyl (C=O) groups is 1. The highest BCUT2D eigenvalue weighted by atomic mass is 35.5. The van der Waals surface area contributed by atoms with E-state index in [9.17, 15) is 9.18 Å². The lowest BCUT2D eigenvalue weighted by molar-refractivity contribution is 0.187. The first-order chi connectivity index (χ1) is 16.0. The van der Waals surface area contributed by atoms with Gasteiger partial charge >= 0.3 is 6.09 Å². The third-order valence-corrected chi connectivity index (χ3v) is 6.29. The van der Waals surface area contributed by atoms with E-state index in [2.05, 4.69) is 20.2 Å². The average molecular weight is 466 g/mol. The summed E-state index contributed by atoms with van der Waals surface area (Å²) in [7, 11) is 0. The molecule has 1 saturated heterocycles. The predicted molar refractivity (Wildman–Crippen MR) is 126 cm³/mol. The second-order valence-corrected chi connectivity index (χ2v) is 8.44. The molecular formula is C24H21ClFN5O2. The van der Waals surface area contributed by atoms with Crippen molar-refractivity contribution < 1.29 is 14.3 Å². The minimum absolute atomic E-state index is 0.0489. The number of halogens is 2. The van der Waals surface area contributed by atoms with Gasteiger partial charge in [0.15, 0.2) is 0 Å². The third kappa shape index (κ3) is 4.21. The Balaban J connectivity index is 1.46. The maximum atomic E-state index is 14.5. The van der Waals surface area contributed by atoms with Crippen LogP contribution < -0.4 is 10.2 Å². The summed E-state index contributed by atoms with van der Waals surface area (Å²) in [6.45, 7) is 1.37. The van der Waals surface area contributed by atoms with Gasteiger partial charge in [0.2, 0.25) is 0 Å². The number of hydrogen-bond donors (Lipinski definition) is 3. The predicted octanol–water partition coefficient (Wildman–Crippen LogP) is 5.32. The molecule has 33 heavy (non-hydrogen) atoms. The Bertz CT molecular complexity index is 1310. The number of fused-ring (bicyclic) bond motifs is 1. The summed E-state index contributed by atoms with van der Waals surface area (Å²) in [4.78, 5) is 25.4. The average Bonchev–Trinajstić information content (AvgIpc) is 3.23. The molecule has 3 heterocycles. The molecule has 0 saturated carbocycles. The van der Waals surface area contributed by atoms with Gasteiger partial charge in [0.05, 0.1) is 23.1 Å². The van der Waals surface area contributed by atoms with Crippen LogP contribution in [-0.4, -0.2) is 45.3 Å². The van der Waals surface area contributed by atoms with Crippen molar-refractivity contribution in [1.82, 2.24) is 20.3 Å². The molecule has 5 rings (SSSR count). The molecule has 168 valence electrons. The lowest BCUT2D eigenvalue weighted by Crippen LogP contribution is -2.44. The number of anilines is 1. The second kappa shape index (κ2) is 8.71. The number of rotatable bonds is 4. The van der Waals surface area contributed by atoms with Crippen LogP contribution in [0.15, 0.2) is 55.0 Å². The van der Waals surface area contributed by atoms with Crippen molar-refractivity contribution in [3.8, 4) is 22.4 Å². The summed E-state index contributed by atoms with van der Waals surface area (Å²) in [6, 6.07) is 10.2. The maximum Gasteiger partial charge on any atom is 0.404 e. The third-order valence-electron chi connectivity index (χ3n) is 5.98. The van der Waals surface area contributed by atoms with Crippen molar-refractivity contribution in [3.63, 3.8) is 0 Å². The molecule has 0 spiro atoms. The summed E-state index contributed by atoms with van der Waals surface area (Å²) in [5.74, 6) is 0.366. The molecule has 1 amide bonds. The number of hydrogen-bond acceptors (Lipinski definition) is 4. The van der Waals surface area contributed by atoms with Crippen LogP contribution in [0.4, 0.5) is 15.0 Å². The molecule has 7 nitrogen and oxygen atoms in total. The van der Waals surface area contributed by atoms with Crippen LogP contribution in [0.1, 0.15) is 12.8 Å². The zero-order valence-corrected chi connectivity index (χ0v) is 18.3. The largest absolute Gasteiger partial charge is 0.465 e. The Hall–Kier alpha value is -3.65. The SMILES string of the molecule is O=C(O)NC1CCN(c2cncc(-c3c[nH]c4ccc(-c5c(F)cccc5Cl)cc34)n2)CC1. The van der Waals surface area contributed by atoms with Crippen molar-refractivity contribution in [1.29, 1.82) is 0 Å². The molecule has 1 aliphatic rings. The van der Waals surface area contributed by atoms with Gasteiger partial charge in [0, 0.05) is 47.4 Å². The van der Waals surface area contributed by atoms with E-state index in [4.69, 9.17) is 21.7 Å². The van der Waals surface area contributed by atoms with Crippen LogP contribution in [0.2, 0.25) is 5.02 Å². The number of carboxylic acid groups (broad SMARTS) is 1. The van der Waals surface area contributed by atoms with E-state index in [0.29, 0.717) is 47.8 Å². The molecule has 9 heteroatoms. The van der Waals surface area contributed by atoms with Crippen molar-refractivity contribution >= 4 is 34.4 Å². The highest BCUT2D eigenvalue weighted by Crippen LogP contribution is 2.35. The van der Waals surface area contributed by atoms with Gasteiger partial charge in [-0.25, -0.2) is 14.2 Å². The monoisotopic (exact) mass is 465 g/mol. The first-order valence-corrected chi connectivity index (χ1v) is 11.0. The fourth-order valence-corrected chi connectivity index (χ4v) is 4.60. The van der Waals surface area contributed by atoms with Gasteiger partial charge in [0.25, 0.3) is 0 Å². The summed E-state index contributed by atoms with van der Waals surface area (Å²) >= 11 is 6.28. The molecule has 1 fully saturated rings. The van der Waals surface area contributed by atoms with Gasteiger partial charge in [-0.15, -0.1) is 0 Å². The molecule has 0 atom stereocenters. The van der Waals surface area contributed by atoms with E-state index in [1.54, 1.807) is 24.5 Å². The van der Waals surface area contributed by atoms with E-state index in [-0.39, 0.29) is 11.9 Å². The van der Waals surface area contributed by atoms with Crippen molar-refractivity contribution in [2.75, 3.05) is 18.0 Å². The topological polar surface area (TPSA) is 94.1 Å². The summed E-state index contributed by atoms with van der Waals surface area (Å²) < 4.78 is 14.5. The minimum Gasteiger partial charge on any atom is -0.465 e. The Morgan fingerprint density at radius 1 is 1.21 bits per heavy atom. The molecule has 3 N–H and O–H groups in total. The highest BCUT2D eigenvalue weighted by molar-refractivity contribution is 6.33. The fourth-order valence-electron chi connectivity index (χ4n) is 4.33. The lowest BCUT2D eigenvalue weighted by atomic mass is 10.0. The van der Waals surface area contributed by atoms with E-state index >= 15 is 0 Å². The van der Waals surface area contributed by atoms with Crippen LogP contribution in [-0.2, 0) is 0 Å². The number of amides is 1. The zero-order chi connectivity index (χ0) is 22.9. The van der Waals surface area contributed by atoms with Crippen LogP contribution >= 0.6 is 11.6 Å². The van der Waals surface area contributed by atoms with Gasteiger partial charge in [-0.3, -0.25) is 4.98 Å². The summed E-state index contributed by atoms with van der Waals surface area (Å²) in [5.41, 5.74) is 3.50. The molecular weight excluding hydrogens is 445 g/mol. The normalized spacial score (nSPS) is 14.5. The number of nitrogens with zero attached hydrogens (tertiary/aromatic N) is 3. The smallest absolute Gasteiger partial charge is 0.404 e. The van der Waals surface area contributed by atoms with Gasteiger partial charge in [-0.05, 0) is 42.7 Å². The highest BCUT2D eigenvalue weighted by Gasteiger charge is 2.22. The second-order valence-electron chi connectivity index (χ2n) is 8.03. The van der Waals surface area contributed by atoms with Crippen molar-refractivity contribution in [2.24, 2.45) is 0 Å². The molecule has 2 aromatic heterocycles. The van der Waals surface area contributed by atoms with Gasteiger partial charge in [-0.2, -0.15) is 0 Å². The van der Waals surface area contributed by atoms with Gasteiger partial charge < -0.3 is 20.3 Å². The molecule has 0 unspecified atom stereocenters. The van der Waals surface area contributed by atoms with E-state index in [0.717, 1.165) is 22.3 Å². The van der Waals surface area contributed by atoms with Crippen LogP contribution in [0.5, 0.6) is 0 Å². The van der Waals surface area contributed by atoms with Gasteiger partial charge in [-0.1, -0.05) is 23.7 Å². The number of benzene rings is 2. The molecule has 0 bridgehead atoms. The van der Waals surface area contributed by atoms with E-state index in [1.807, 2.05) is 24.4 Å². The van der Waals surface area contributed by atoms with Crippen LogP contribution in [0, 0.1) is 5.82 Å². The number of H-pyrrole nitrogens is 1.